The molecule has 0 spiro atoms. The molecule has 0 saturated carbocycles. The summed E-state index contributed by atoms with van der Waals surface area (Å²) in [5, 5.41) is 2.76. The number of aryl methyl sites for hydroxylation is 3. The van der Waals surface area contributed by atoms with E-state index in [1.165, 1.54) is 0 Å². The van der Waals surface area contributed by atoms with Gasteiger partial charge >= 0.3 is 0 Å². The Hall–Kier alpha value is -2.11. The van der Waals surface area contributed by atoms with Crippen LogP contribution >= 0.6 is 7.14 Å². The molecule has 0 fully saturated rings. The minimum atomic E-state index is -2.88. The number of rotatable bonds is 3. The first-order valence-electron chi connectivity index (χ1n) is 7.83. The molecule has 1 nitrogen and oxygen atoms in total. The second kappa shape index (κ2) is 6.18. The molecule has 116 valence electrons. The minimum absolute atomic E-state index is 0.904. The summed E-state index contributed by atoms with van der Waals surface area (Å²) >= 11 is 0. The van der Waals surface area contributed by atoms with Crippen molar-refractivity contribution in [1.29, 1.82) is 0 Å². The monoisotopic (exact) mass is 320 g/mol. The first-order valence-corrected chi connectivity index (χ1v) is 9.54. The Kier molecular flexibility index (Phi) is 4.24. The van der Waals surface area contributed by atoms with Crippen molar-refractivity contribution < 1.29 is 4.57 Å². The van der Waals surface area contributed by atoms with Gasteiger partial charge in [-0.05, 0) is 38.0 Å². The van der Waals surface area contributed by atoms with Gasteiger partial charge in [-0.1, -0.05) is 72.3 Å². The van der Waals surface area contributed by atoms with E-state index in [1.807, 2.05) is 87.5 Å². The summed E-state index contributed by atoms with van der Waals surface area (Å²) < 4.78 is 14.4. The summed E-state index contributed by atoms with van der Waals surface area (Å²) in [4.78, 5) is 0. The predicted molar refractivity (Wildman–Crippen MR) is 100 cm³/mol. The molecule has 2 heteroatoms. The molecule has 0 radical (unpaired) electrons. The summed E-state index contributed by atoms with van der Waals surface area (Å²) in [6.07, 6.45) is 0. The highest BCUT2D eigenvalue weighted by Crippen LogP contribution is 2.44. The van der Waals surface area contributed by atoms with E-state index in [0.717, 1.165) is 32.6 Å². The van der Waals surface area contributed by atoms with Crippen LogP contribution in [-0.2, 0) is 4.57 Å². The Morgan fingerprint density at radius 2 is 1.17 bits per heavy atom. The SMILES string of the molecule is Cc1cccc(P(=O)(c2ccccc2C)c2ccccc2C)c1. The molecule has 0 aliphatic heterocycles. The molecule has 0 saturated heterocycles. The van der Waals surface area contributed by atoms with E-state index >= 15 is 0 Å². The van der Waals surface area contributed by atoms with Gasteiger partial charge in [0.05, 0.1) is 0 Å². The Morgan fingerprint density at radius 1 is 0.652 bits per heavy atom. The van der Waals surface area contributed by atoms with Gasteiger partial charge < -0.3 is 4.57 Å². The number of hydrogen-bond acceptors (Lipinski definition) is 1. The zero-order chi connectivity index (χ0) is 16.4. The van der Waals surface area contributed by atoms with Crippen molar-refractivity contribution in [2.75, 3.05) is 0 Å². The molecule has 3 aromatic rings. The van der Waals surface area contributed by atoms with Gasteiger partial charge in [-0.15, -0.1) is 0 Å². The fourth-order valence-electron chi connectivity index (χ4n) is 3.07. The first kappa shape index (κ1) is 15.8. The Labute approximate surface area is 138 Å². The average molecular weight is 320 g/mol. The molecule has 0 amide bonds. The molecule has 0 unspecified atom stereocenters. The Bertz CT molecular complexity index is 846. The molecule has 0 aliphatic carbocycles. The van der Waals surface area contributed by atoms with E-state index in [1.54, 1.807) is 0 Å². The standard InChI is InChI=1S/C21H21OP/c1-16-9-8-12-19(15-16)23(22,20-13-6-4-10-17(20)2)21-14-7-5-11-18(21)3/h4-15H,1-3H3. The summed E-state index contributed by atoms with van der Waals surface area (Å²) in [7, 11) is -2.88. The smallest absolute Gasteiger partial charge is 0.171 e. The molecule has 0 N–H and O–H groups in total. The van der Waals surface area contributed by atoms with Gasteiger partial charge in [0.15, 0.2) is 7.14 Å². The minimum Gasteiger partial charge on any atom is -0.309 e. The van der Waals surface area contributed by atoms with Gasteiger partial charge in [0.25, 0.3) is 0 Å². The van der Waals surface area contributed by atoms with Gasteiger partial charge in [-0.3, -0.25) is 0 Å². The quantitative estimate of drug-likeness (QED) is 0.659. The van der Waals surface area contributed by atoms with E-state index < -0.39 is 7.14 Å². The third-order valence-corrected chi connectivity index (χ3v) is 7.64. The zero-order valence-corrected chi connectivity index (χ0v) is 14.7. The molecule has 0 aromatic heterocycles. The van der Waals surface area contributed by atoms with Crippen LogP contribution in [0.4, 0.5) is 0 Å². The molecule has 0 bridgehead atoms. The van der Waals surface area contributed by atoms with Crippen molar-refractivity contribution in [1.82, 2.24) is 0 Å². The highest BCUT2D eigenvalue weighted by molar-refractivity contribution is 7.85. The third-order valence-electron chi connectivity index (χ3n) is 4.27. The third kappa shape index (κ3) is 2.78. The summed E-state index contributed by atoms with van der Waals surface area (Å²) in [5.41, 5.74) is 3.27. The van der Waals surface area contributed by atoms with Crippen molar-refractivity contribution in [3.63, 3.8) is 0 Å². The molecular formula is C21H21OP. The van der Waals surface area contributed by atoms with Crippen LogP contribution in [-0.4, -0.2) is 0 Å². The number of benzene rings is 3. The van der Waals surface area contributed by atoms with Crippen LogP contribution < -0.4 is 15.9 Å². The van der Waals surface area contributed by atoms with E-state index in [-0.39, 0.29) is 0 Å². The van der Waals surface area contributed by atoms with Crippen LogP contribution in [0.25, 0.3) is 0 Å². The predicted octanol–water partition coefficient (Wildman–Crippen LogP) is 4.25. The molecule has 3 aromatic carbocycles. The Balaban J connectivity index is 2.38. The lowest BCUT2D eigenvalue weighted by molar-refractivity contribution is 0.592. The van der Waals surface area contributed by atoms with E-state index in [4.69, 9.17) is 0 Å². The van der Waals surface area contributed by atoms with Crippen molar-refractivity contribution >= 4 is 23.1 Å². The van der Waals surface area contributed by atoms with Crippen molar-refractivity contribution in [2.24, 2.45) is 0 Å². The second-order valence-corrected chi connectivity index (χ2v) is 8.72. The normalized spacial score (nSPS) is 11.4. The maximum absolute atomic E-state index is 14.4. The van der Waals surface area contributed by atoms with Gasteiger partial charge in [0, 0.05) is 15.9 Å². The van der Waals surface area contributed by atoms with E-state index in [9.17, 15) is 4.57 Å². The maximum atomic E-state index is 14.4. The van der Waals surface area contributed by atoms with Crippen LogP contribution in [0, 0.1) is 20.8 Å². The van der Waals surface area contributed by atoms with E-state index in [2.05, 4.69) is 6.07 Å². The maximum Gasteiger partial charge on any atom is 0.171 e. The average Bonchev–Trinajstić information content (AvgIpc) is 2.55. The molecule has 3 rings (SSSR count). The van der Waals surface area contributed by atoms with Gasteiger partial charge in [-0.2, -0.15) is 0 Å². The summed E-state index contributed by atoms with van der Waals surface area (Å²) in [5.74, 6) is 0. The molecule has 0 atom stereocenters. The van der Waals surface area contributed by atoms with Crippen molar-refractivity contribution in [3.05, 3.63) is 89.5 Å². The molecular weight excluding hydrogens is 299 g/mol. The molecule has 0 heterocycles. The van der Waals surface area contributed by atoms with Gasteiger partial charge in [-0.25, -0.2) is 0 Å². The van der Waals surface area contributed by atoms with Gasteiger partial charge in [0.2, 0.25) is 0 Å². The van der Waals surface area contributed by atoms with E-state index in [0.29, 0.717) is 0 Å². The summed E-state index contributed by atoms with van der Waals surface area (Å²) in [6, 6.07) is 24.1. The van der Waals surface area contributed by atoms with Crippen LogP contribution in [0.2, 0.25) is 0 Å². The fraction of sp³-hybridized carbons (Fsp3) is 0.143. The van der Waals surface area contributed by atoms with Gasteiger partial charge in [0.1, 0.15) is 0 Å². The fourth-order valence-corrected chi connectivity index (χ4v) is 6.30. The molecule has 0 aliphatic rings. The van der Waals surface area contributed by atoms with Crippen LogP contribution in [0.15, 0.2) is 72.8 Å². The summed E-state index contributed by atoms with van der Waals surface area (Å²) in [6.45, 7) is 6.12. The van der Waals surface area contributed by atoms with Crippen LogP contribution in [0.3, 0.4) is 0 Å². The highest BCUT2D eigenvalue weighted by atomic mass is 31.2. The number of hydrogen-bond donors (Lipinski definition) is 0. The highest BCUT2D eigenvalue weighted by Gasteiger charge is 2.32. The second-order valence-electron chi connectivity index (χ2n) is 6.02. The first-order chi connectivity index (χ1) is 11.0. The Morgan fingerprint density at radius 3 is 1.65 bits per heavy atom. The van der Waals surface area contributed by atoms with Crippen molar-refractivity contribution in [3.8, 4) is 0 Å². The lowest BCUT2D eigenvalue weighted by Gasteiger charge is -2.23. The zero-order valence-electron chi connectivity index (χ0n) is 13.8. The topological polar surface area (TPSA) is 17.1 Å². The lowest BCUT2D eigenvalue weighted by atomic mass is 10.2. The lowest BCUT2D eigenvalue weighted by Crippen LogP contribution is -2.28. The van der Waals surface area contributed by atoms with Crippen LogP contribution in [0.1, 0.15) is 16.7 Å². The largest absolute Gasteiger partial charge is 0.309 e. The van der Waals surface area contributed by atoms with Crippen LogP contribution in [0.5, 0.6) is 0 Å². The molecule has 23 heavy (non-hydrogen) atoms. The van der Waals surface area contributed by atoms with Crippen molar-refractivity contribution in [2.45, 2.75) is 20.8 Å².